The lowest BCUT2D eigenvalue weighted by atomic mass is 9.97. The van der Waals surface area contributed by atoms with Crippen molar-refractivity contribution in [2.45, 2.75) is 32.9 Å². The molecule has 0 amide bonds. The number of anilines is 2. The Bertz CT molecular complexity index is 1540. The van der Waals surface area contributed by atoms with E-state index >= 15 is 0 Å². The van der Waals surface area contributed by atoms with Crippen molar-refractivity contribution in [3.8, 4) is 11.5 Å². The van der Waals surface area contributed by atoms with Gasteiger partial charge in [-0.05, 0) is 49.6 Å². The van der Waals surface area contributed by atoms with E-state index in [-0.39, 0.29) is 18.4 Å². The van der Waals surface area contributed by atoms with Crippen molar-refractivity contribution in [3.63, 3.8) is 0 Å². The van der Waals surface area contributed by atoms with Crippen LogP contribution in [0.3, 0.4) is 0 Å². The molecule has 2 aliphatic heterocycles. The molecular weight excluding hydrogens is 464 g/mol. The van der Waals surface area contributed by atoms with Gasteiger partial charge in [-0.2, -0.15) is 4.98 Å². The first-order valence-corrected chi connectivity index (χ1v) is 12.0. The third-order valence-corrected chi connectivity index (χ3v) is 6.92. The van der Waals surface area contributed by atoms with E-state index in [0.29, 0.717) is 62.1 Å². The Morgan fingerprint density at radius 1 is 1.17 bits per heavy atom. The summed E-state index contributed by atoms with van der Waals surface area (Å²) in [5.74, 6) is 1.52. The van der Waals surface area contributed by atoms with Gasteiger partial charge in [0.15, 0.2) is 11.5 Å². The quantitative estimate of drug-likeness (QED) is 0.373. The van der Waals surface area contributed by atoms with Crippen LogP contribution in [0.4, 0.5) is 11.8 Å². The van der Waals surface area contributed by atoms with Crippen LogP contribution in [0.5, 0.6) is 11.5 Å². The lowest BCUT2D eigenvalue weighted by Crippen LogP contribution is -2.37. The molecule has 4 aromatic rings. The maximum absolute atomic E-state index is 12.4. The van der Waals surface area contributed by atoms with Crippen LogP contribution in [-0.4, -0.2) is 50.5 Å². The molecule has 36 heavy (non-hydrogen) atoms. The number of imidazole rings is 1. The van der Waals surface area contributed by atoms with Gasteiger partial charge in [0.05, 0.1) is 22.5 Å². The van der Waals surface area contributed by atoms with Gasteiger partial charge in [0.25, 0.3) is 0 Å². The van der Waals surface area contributed by atoms with E-state index in [9.17, 15) is 14.7 Å². The van der Waals surface area contributed by atoms with Crippen molar-refractivity contribution in [2.75, 3.05) is 30.1 Å². The molecule has 0 aliphatic carbocycles. The Balaban J connectivity index is 1.39. The van der Waals surface area contributed by atoms with Gasteiger partial charge >= 0.3 is 11.7 Å². The Morgan fingerprint density at radius 3 is 2.75 bits per heavy atom. The van der Waals surface area contributed by atoms with Gasteiger partial charge in [-0.15, -0.1) is 0 Å². The van der Waals surface area contributed by atoms with E-state index in [0.717, 1.165) is 27.7 Å². The average Bonchev–Trinajstić information content (AvgIpc) is 3.48. The van der Waals surface area contributed by atoms with Crippen LogP contribution < -0.4 is 25.4 Å². The van der Waals surface area contributed by atoms with E-state index in [2.05, 4.69) is 10.3 Å². The first kappa shape index (κ1) is 22.2. The number of nitrogens with zero attached hydrogens (tertiary/aromatic N) is 4. The number of hydrogen-bond donors (Lipinski definition) is 3. The summed E-state index contributed by atoms with van der Waals surface area (Å²) in [6.45, 7) is 4.31. The molecule has 0 bridgehead atoms. The molecule has 0 unspecified atom stereocenters. The number of aryl methyl sites for hydroxylation is 1. The topological polar surface area (TPSA) is 135 Å². The zero-order chi connectivity index (χ0) is 24.8. The van der Waals surface area contributed by atoms with Gasteiger partial charge in [-0.1, -0.05) is 6.07 Å². The molecule has 1 saturated heterocycles. The predicted octanol–water partition coefficient (Wildman–Crippen LogP) is 2.93. The maximum atomic E-state index is 12.4. The summed E-state index contributed by atoms with van der Waals surface area (Å²) >= 11 is 0. The second-order valence-electron chi connectivity index (χ2n) is 9.07. The van der Waals surface area contributed by atoms with Crippen molar-refractivity contribution in [1.82, 2.24) is 19.5 Å². The van der Waals surface area contributed by atoms with Gasteiger partial charge in [0, 0.05) is 31.6 Å². The largest absolute Gasteiger partial charge is 0.481 e. The van der Waals surface area contributed by atoms with Crippen LogP contribution in [0.15, 0.2) is 35.1 Å². The van der Waals surface area contributed by atoms with E-state index in [1.807, 2.05) is 42.2 Å². The number of H-pyrrole nitrogens is 1. The second-order valence-corrected chi connectivity index (χ2v) is 9.07. The highest BCUT2D eigenvalue weighted by Crippen LogP contribution is 2.33. The lowest BCUT2D eigenvalue weighted by molar-refractivity contribution is -0.142. The standard InChI is InChI=1S/C25H26N6O5/c1-2-31-19-11-17-16(10-18(19)28-25(31)34)22(26-12-14-3-4-20-21(9-14)36-13-35-20)29-24(27-17)30-7-5-15(6-8-30)23(32)33/h3-4,9-11,15H,2,5-8,12-13H2,1H3,(H,28,34)(H,32,33)(H,26,27,29). The first-order chi connectivity index (χ1) is 17.5. The number of nitrogens with one attached hydrogen (secondary N) is 2. The number of aromatic amines is 1. The number of carboxylic acid groups (broad SMARTS) is 1. The highest BCUT2D eigenvalue weighted by Gasteiger charge is 2.26. The van der Waals surface area contributed by atoms with Crippen LogP contribution in [0.25, 0.3) is 21.9 Å². The molecule has 6 rings (SSSR count). The molecule has 2 aromatic heterocycles. The average molecular weight is 491 g/mol. The van der Waals surface area contributed by atoms with Crippen LogP contribution in [0.2, 0.25) is 0 Å². The number of aromatic nitrogens is 4. The van der Waals surface area contributed by atoms with Crippen molar-refractivity contribution < 1.29 is 19.4 Å². The third kappa shape index (κ3) is 3.86. The normalized spacial score (nSPS) is 15.6. The monoisotopic (exact) mass is 490 g/mol. The Labute approximate surface area is 205 Å². The van der Waals surface area contributed by atoms with Gasteiger partial charge in [0.1, 0.15) is 5.82 Å². The fourth-order valence-corrected chi connectivity index (χ4v) is 4.92. The van der Waals surface area contributed by atoms with Gasteiger partial charge < -0.3 is 29.8 Å². The molecule has 2 aromatic carbocycles. The zero-order valence-corrected chi connectivity index (χ0v) is 19.8. The number of carboxylic acids is 1. The molecule has 0 radical (unpaired) electrons. The van der Waals surface area contributed by atoms with Gasteiger partial charge in [-0.25, -0.2) is 9.78 Å². The summed E-state index contributed by atoms with van der Waals surface area (Å²) in [6, 6.07) is 9.61. The minimum absolute atomic E-state index is 0.165. The summed E-state index contributed by atoms with van der Waals surface area (Å²) in [6.07, 6.45) is 1.09. The fourth-order valence-electron chi connectivity index (χ4n) is 4.92. The Kier molecular flexibility index (Phi) is 5.39. The van der Waals surface area contributed by atoms with E-state index in [1.165, 1.54) is 0 Å². The molecule has 1 fully saturated rings. The molecule has 0 saturated carbocycles. The predicted molar refractivity (Wildman–Crippen MR) is 134 cm³/mol. The minimum atomic E-state index is -0.757. The van der Waals surface area contributed by atoms with Crippen LogP contribution in [-0.2, 0) is 17.9 Å². The molecule has 2 aliphatic rings. The number of hydrogen-bond acceptors (Lipinski definition) is 8. The molecule has 0 spiro atoms. The Morgan fingerprint density at radius 2 is 1.97 bits per heavy atom. The SMILES string of the molecule is CCn1c(=O)[nH]c2cc3c(NCc4ccc5c(c4)OCO5)nc(N4CCC(C(=O)O)CC4)nc3cc21. The summed E-state index contributed by atoms with van der Waals surface area (Å²) in [4.78, 5) is 38.4. The Hall–Kier alpha value is -4.28. The lowest BCUT2D eigenvalue weighted by Gasteiger charge is -2.30. The third-order valence-electron chi connectivity index (χ3n) is 6.92. The molecule has 11 nitrogen and oxygen atoms in total. The number of aliphatic carboxylic acids is 1. The number of benzene rings is 2. The van der Waals surface area contributed by atoms with Crippen molar-refractivity contribution in [2.24, 2.45) is 5.92 Å². The van der Waals surface area contributed by atoms with Crippen molar-refractivity contribution >= 4 is 39.7 Å². The molecule has 4 heterocycles. The summed E-state index contributed by atoms with van der Waals surface area (Å²) in [7, 11) is 0. The smallest absolute Gasteiger partial charge is 0.326 e. The van der Waals surface area contributed by atoms with Crippen molar-refractivity contribution in [1.29, 1.82) is 0 Å². The zero-order valence-electron chi connectivity index (χ0n) is 19.8. The number of piperidine rings is 1. The highest BCUT2D eigenvalue weighted by molar-refractivity contribution is 5.99. The first-order valence-electron chi connectivity index (χ1n) is 12.0. The molecular formula is C25H26N6O5. The van der Waals surface area contributed by atoms with Crippen LogP contribution in [0.1, 0.15) is 25.3 Å². The summed E-state index contributed by atoms with van der Waals surface area (Å²) in [5.41, 5.74) is 3.05. The maximum Gasteiger partial charge on any atom is 0.326 e. The van der Waals surface area contributed by atoms with Gasteiger partial charge in [0.2, 0.25) is 12.7 Å². The molecule has 186 valence electrons. The van der Waals surface area contributed by atoms with E-state index < -0.39 is 5.97 Å². The van der Waals surface area contributed by atoms with E-state index in [4.69, 9.17) is 19.4 Å². The molecule has 3 N–H and O–H groups in total. The highest BCUT2D eigenvalue weighted by atomic mass is 16.7. The number of ether oxygens (including phenoxy) is 2. The molecule has 0 atom stereocenters. The van der Waals surface area contributed by atoms with Crippen LogP contribution in [0, 0.1) is 5.92 Å². The number of rotatable bonds is 6. The molecule has 11 heteroatoms. The second kappa shape index (κ2) is 8.74. The summed E-state index contributed by atoms with van der Waals surface area (Å²) in [5, 5.41) is 13.6. The number of fused-ring (bicyclic) bond motifs is 3. The van der Waals surface area contributed by atoms with Gasteiger partial charge in [-0.3, -0.25) is 9.36 Å². The van der Waals surface area contributed by atoms with Crippen LogP contribution >= 0.6 is 0 Å². The van der Waals surface area contributed by atoms with E-state index in [1.54, 1.807) is 4.57 Å². The van der Waals surface area contributed by atoms with Crippen molar-refractivity contribution in [3.05, 3.63) is 46.4 Å². The minimum Gasteiger partial charge on any atom is -0.481 e. The fraction of sp³-hybridized carbons (Fsp3) is 0.360. The number of carbonyl (C=O) groups is 1. The summed E-state index contributed by atoms with van der Waals surface area (Å²) < 4.78 is 12.6.